The van der Waals surface area contributed by atoms with Crippen LogP contribution in [0.15, 0.2) is 24.4 Å². The van der Waals surface area contributed by atoms with Gasteiger partial charge in [0.15, 0.2) is 17.4 Å². The minimum atomic E-state index is -1.16. The highest BCUT2D eigenvalue weighted by Gasteiger charge is 2.20. The summed E-state index contributed by atoms with van der Waals surface area (Å²) in [6, 6.07) is 4.47. The summed E-state index contributed by atoms with van der Waals surface area (Å²) in [6.07, 6.45) is 15.6. The molecule has 4 rings (SSSR count). The van der Waals surface area contributed by atoms with Crippen molar-refractivity contribution in [1.29, 1.82) is 0 Å². The molecule has 0 amide bonds. The Kier molecular flexibility index (Phi) is 13.5. The van der Waals surface area contributed by atoms with E-state index < -0.39 is 17.4 Å². The molecule has 210 valence electrons. The van der Waals surface area contributed by atoms with E-state index in [4.69, 9.17) is 0 Å². The fraction of sp³-hybridized carbons (Fsp3) is 0.613. The van der Waals surface area contributed by atoms with Crippen LogP contribution in [0.1, 0.15) is 129 Å². The van der Waals surface area contributed by atoms with E-state index in [-0.39, 0.29) is 22.9 Å². The van der Waals surface area contributed by atoms with Crippen molar-refractivity contribution in [3.05, 3.63) is 41.6 Å². The molecule has 3 aromatic rings. The number of rotatable bonds is 11. The second-order valence-electron chi connectivity index (χ2n) is 10.2. The predicted molar refractivity (Wildman–Crippen MR) is 152 cm³/mol. The van der Waals surface area contributed by atoms with Crippen LogP contribution in [0.3, 0.4) is 0 Å². The smallest absolute Gasteiger partial charge is 0.170 e. The molecule has 0 unspecified atom stereocenters. The van der Waals surface area contributed by atoms with E-state index >= 15 is 0 Å². The maximum atomic E-state index is 14.4. The minimum absolute atomic E-state index is 0.00684. The summed E-state index contributed by atoms with van der Waals surface area (Å²) in [7, 11) is 0. The number of carbonyl (C=O) groups is 1. The van der Waals surface area contributed by atoms with Gasteiger partial charge in [0.25, 0.3) is 0 Å². The number of unbranched alkanes of at least 4 members (excludes halogenated alkanes) is 3. The lowest BCUT2D eigenvalue weighted by atomic mass is 10.0. The zero-order chi connectivity index (χ0) is 28.1. The van der Waals surface area contributed by atoms with Crippen molar-refractivity contribution in [2.75, 3.05) is 0 Å². The number of nitrogens with zero attached hydrogens (tertiary/aromatic N) is 4. The highest BCUT2D eigenvalue weighted by Crippen LogP contribution is 2.31. The Morgan fingerprint density at radius 3 is 2.08 bits per heavy atom. The van der Waals surface area contributed by atoms with E-state index in [0.717, 1.165) is 37.1 Å². The lowest BCUT2D eigenvalue weighted by molar-refractivity contribution is 0.101. The molecule has 0 spiro atoms. The van der Waals surface area contributed by atoms with Crippen LogP contribution in [0.25, 0.3) is 22.3 Å². The Bertz CT molecular complexity index is 1130. The van der Waals surface area contributed by atoms with Crippen molar-refractivity contribution >= 4 is 16.8 Å². The third kappa shape index (κ3) is 8.95. The molecule has 0 atom stereocenters. The molecule has 1 saturated carbocycles. The van der Waals surface area contributed by atoms with Crippen molar-refractivity contribution < 1.29 is 13.6 Å². The van der Waals surface area contributed by atoms with E-state index in [1.54, 1.807) is 12.3 Å². The molecule has 1 fully saturated rings. The summed E-state index contributed by atoms with van der Waals surface area (Å²) >= 11 is 0. The average Bonchev–Trinajstić information content (AvgIpc) is 3.67. The first-order chi connectivity index (χ1) is 18.3. The molecule has 1 aliphatic carbocycles. The van der Waals surface area contributed by atoms with Gasteiger partial charge < -0.3 is 0 Å². The highest BCUT2D eigenvalue weighted by atomic mass is 19.2. The van der Waals surface area contributed by atoms with E-state index in [2.05, 4.69) is 49.9 Å². The van der Waals surface area contributed by atoms with Crippen LogP contribution in [0.4, 0.5) is 8.78 Å². The topological polar surface area (TPSA) is 60.7 Å². The summed E-state index contributed by atoms with van der Waals surface area (Å²) < 4.78 is 30.4. The van der Waals surface area contributed by atoms with Crippen molar-refractivity contribution in [3.8, 4) is 11.3 Å². The van der Waals surface area contributed by atoms with Gasteiger partial charge in [-0.15, -0.1) is 5.10 Å². The SMILES string of the molecule is CCC1CC1.CCCC(CCC)n1nnc2cc(-c3ccc(C(C)=O)c(F)c3F)ncc21.CCCCCC. The molecule has 0 saturated heterocycles. The normalized spacial score (nSPS) is 12.7. The Hall–Kier alpha value is -2.70. The van der Waals surface area contributed by atoms with Gasteiger partial charge in [0, 0.05) is 5.56 Å². The van der Waals surface area contributed by atoms with Crippen molar-refractivity contribution in [1.82, 2.24) is 20.0 Å². The highest BCUT2D eigenvalue weighted by molar-refractivity contribution is 5.95. The van der Waals surface area contributed by atoms with Crippen LogP contribution in [0, 0.1) is 17.6 Å². The molecule has 0 N–H and O–H groups in total. The van der Waals surface area contributed by atoms with Crippen molar-refractivity contribution in [2.45, 2.75) is 118 Å². The lowest BCUT2D eigenvalue weighted by Crippen LogP contribution is -2.10. The van der Waals surface area contributed by atoms with E-state index in [1.807, 2.05) is 4.68 Å². The summed E-state index contributed by atoms with van der Waals surface area (Å²) in [4.78, 5) is 15.7. The largest absolute Gasteiger partial charge is 0.294 e. The maximum absolute atomic E-state index is 14.4. The zero-order valence-corrected chi connectivity index (χ0v) is 24.2. The Labute approximate surface area is 227 Å². The molecule has 1 aliphatic rings. The van der Waals surface area contributed by atoms with E-state index in [9.17, 15) is 13.6 Å². The van der Waals surface area contributed by atoms with Crippen molar-refractivity contribution in [3.63, 3.8) is 0 Å². The number of ketones is 1. The van der Waals surface area contributed by atoms with E-state index in [1.165, 1.54) is 64.0 Å². The van der Waals surface area contributed by atoms with E-state index in [0.29, 0.717) is 5.52 Å². The summed E-state index contributed by atoms with van der Waals surface area (Å²) in [5.74, 6) is -1.63. The standard InChI is InChI=1S/C20H22F2N4O.C6H14.C5H10/c1-4-6-13(7-5-2)26-18-11-23-16(10-17(18)24-25-26)15-9-8-14(12(3)27)19(21)20(15)22;1-3-5-6-4-2;1-2-5-3-4-5/h8-11,13H,4-7H2,1-3H3;3-6H2,1-2H3;5H,2-4H2,1H3. The third-order valence-corrected chi connectivity index (χ3v) is 6.92. The molecule has 0 aliphatic heterocycles. The maximum Gasteiger partial charge on any atom is 0.170 e. The molecule has 2 heterocycles. The van der Waals surface area contributed by atoms with Crippen molar-refractivity contribution in [2.24, 2.45) is 5.92 Å². The summed E-state index contributed by atoms with van der Waals surface area (Å²) in [5.41, 5.74) is 1.32. The molecule has 1 aromatic carbocycles. The number of aromatic nitrogens is 4. The Morgan fingerprint density at radius 2 is 1.61 bits per heavy atom. The molecule has 0 radical (unpaired) electrons. The van der Waals surface area contributed by atoms with Gasteiger partial charge in [-0.3, -0.25) is 9.78 Å². The van der Waals surface area contributed by atoms with Gasteiger partial charge in [0.05, 0.1) is 23.5 Å². The first-order valence-corrected chi connectivity index (χ1v) is 14.5. The lowest BCUT2D eigenvalue weighted by Gasteiger charge is -2.16. The monoisotopic (exact) mass is 528 g/mol. The van der Waals surface area contributed by atoms with Crippen LogP contribution in [-0.2, 0) is 0 Å². The second-order valence-corrected chi connectivity index (χ2v) is 10.2. The first-order valence-electron chi connectivity index (χ1n) is 14.5. The number of benzene rings is 1. The molecule has 0 bridgehead atoms. The van der Waals surface area contributed by atoms with Gasteiger partial charge >= 0.3 is 0 Å². The average molecular weight is 529 g/mol. The van der Waals surface area contributed by atoms with Crippen LogP contribution in [-0.4, -0.2) is 25.8 Å². The van der Waals surface area contributed by atoms with Gasteiger partial charge in [-0.2, -0.15) is 0 Å². The fourth-order valence-electron chi connectivity index (χ4n) is 4.36. The number of Topliss-reactive ketones (excluding diaryl/α,β-unsaturated/α-hetero) is 1. The van der Waals surface area contributed by atoms with Gasteiger partial charge in [-0.1, -0.05) is 97.6 Å². The first kappa shape index (κ1) is 31.5. The van der Waals surface area contributed by atoms with Crippen LogP contribution >= 0.6 is 0 Å². The minimum Gasteiger partial charge on any atom is -0.294 e. The van der Waals surface area contributed by atoms with Gasteiger partial charge in [0.1, 0.15) is 11.0 Å². The van der Waals surface area contributed by atoms with Gasteiger partial charge in [-0.25, -0.2) is 13.5 Å². The quantitative estimate of drug-likeness (QED) is 0.184. The Balaban J connectivity index is 0.000000383. The number of hydrogen-bond acceptors (Lipinski definition) is 4. The molecular formula is C31H46F2N4O. The molecule has 7 heteroatoms. The number of halogens is 2. The predicted octanol–water partition coefficient (Wildman–Crippen LogP) is 9.51. The number of pyridine rings is 1. The third-order valence-electron chi connectivity index (χ3n) is 6.92. The summed E-state index contributed by atoms with van der Waals surface area (Å²) in [6.45, 7) is 12.2. The van der Waals surface area contributed by atoms with Crippen LogP contribution < -0.4 is 0 Å². The van der Waals surface area contributed by atoms with Gasteiger partial charge in [0.2, 0.25) is 0 Å². The second kappa shape index (κ2) is 16.3. The molecular weight excluding hydrogens is 482 g/mol. The Morgan fingerprint density at radius 1 is 0.974 bits per heavy atom. The zero-order valence-electron chi connectivity index (χ0n) is 24.2. The summed E-state index contributed by atoms with van der Waals surface area (Å²) in [5, 5.41) is 8.45. The molecule has 2 aromatic heterocycles. The van der Waals surface area contributed by atoms with Crippen LogP contribution in [0.5, 0.6) is 0 Å². The van der Waals surface area contributed by atoms with Gasteiger partial charge in [-0.05, 0) is 43.9 Å². The van der Waals surface area contributed by atoms with Crippen LogP contribution in [0.2, 0.25) is 0 Å². The number of carbonyl (C=O) groups excluding carboxylic acids is 1. The molecule has 38 heavy (non-hydrogen) atoms. The number of fused-ring (bicyclic) bond motifs is 1. The molecule has 5 nitrogen and oxygen atoms in total. The number of hydrogen-bond donors (Lipinski definition) is 0. The fourth-order valence-corrected chi connectivity index (χ4v) is 4.36.